The molecule has 0 radical (unpaired) electrons. The molecule has 0 bridgehead atoms. The van der Waals surface area contributed by atoms with E-state index >= 15 is 0 Å². The Morgan fingerprint density at radius 1 is 1.29 bits per heavy atom. The number of hydrogen-bond donors (Lipinski definition) is 1. The van der Waals surface area contributed by atoms with Gasteiger partial charge in [-0.25, -0.2) is 8.78 Å². The molecule has 0 saturated heterocycles. The van der Waals surface area contributed by atoms with Crippen LogP contribution in [0.3, 0.4) is 0 Å². The van der Waals surface area contributed by atoms with E-state index in [2.05, 4.69) is 0 Å². The van der Waals surface area contributed by atoms with Crippen LogP contribution >= 0.6 is 0 Å². The summed E-state index contributed by atoms with van der Waals surface area (Å²) < 4.78 is 26.3. The van der Waals surface area contributed by atoms with Crippen molar-refractivity contribution in [1.82, 2.24) is 0 Å². The van der Waals surface area contributed by atoms with Crippen LogP contribution in [0.2, 0.25) is 0 Å². The summed E-state index contributed by atoms with van der Waals surface area (Å²) in [7, 11) is 0. The highest BCUT2D eigenvalue weighted by Crippen LogP contribution is 2.38. The van der Waals surface area contributed by atoms with Crippen molar-refractivity contribution in [3.63, 3.8) is 0 Å². The Morgan fingerprint density at radius 3 is 2.36 bits per heavy atom. The third-order valence-corrected chi connectivity index (χ3v) is 2.59. The van der Waals surface area contributed by atoms with Gasteiger partial charge in [0.05, 0.1) is 11.7 Å². The molecular formula is C11H12F2O. The van der Waals surface area contributed by atoms with E-state index < -0.39 is 17.7 Å². The summed E-state index contributed by atoms with van der Waals surface area (Å²) in [5, 5.41) is 9.61. The van der Waals surface area contributed by atoms with Crippen LogP contribution in [-0.2, 0) is 0 Å². The van der Waals surface area contributed by atoms with Crippen LogP contribution in [0.5, 0.6) is 0 Å². The number of halogens is 2. The Labute approximate surface area is 81.4 Å². The van der Waals surface area contributed by atoms with Crippen LogP contribution < -0.4 is 0 Å². The quantitative estimate of drug-likeness (QED) is 0.791. The van der Waals surface area contributed by atoms with E-state index in [0.717, 1.165) is 12.8 Å². The highest BCUT2D eigenvalue weighted by Gasteiger charge is 2.27. The highest BCUT2D eigenvalue weighted by atomic mass is 19.1. The number of aliphatic hydroxyl groups excluding tert-OH is 1. The van der Waals surface area contributed by atoms with E-state index in [4.69, 9.17) is 0 Å². The van der Waals surface area contributed by atoms with Crippen LogP contribution in [0.15, 0.2) is 18.2 Å². The molecule has 3 heteroatoms. The molecule has 0 amide bonds. The fourth-order valence-electron chi connectivity index (χ4n) is 1.62. The summed E-state index contributed by atoms with van der Waals surface area (Å²) in [4.78, 5) is 0. The van der Waals surface area contributed by atoms with Gasteiger partial charge in [0.2, 0.25) is 0 Å². The fourth-order valence-corrected chi connectivity index (χ4v) is 1.62. The molecule has 1 fully saturated rings. The lowest BCUT2D eigenvalue weighted by Crippen LogP contribution is -2.04. The Kier molecular flexibility index (Phi) is 2.50. The van der Waals surface area contributed by atoms with Gasteiger partial charge in [0.15, 0.2) is 0 Å². The van der Waals surface area contributed by atoms with Crippen molar-refractivity contribution in [2.75, 3.05) is 0 Å². The molecule has 1 aromatic carbocycles. The summed E-state index contributed by atoms with van der Waals surface area (Å²) >= 11 is 0. The van der Waals surface area contributed by atoms with Crippen molar-refractivity contribution in [2.45, 2.75) is 25.4 Å². The van der Waals surface area contributed by atoms with Gasteiger partial charge in [0.1, 0.15) is 11.6 Å². The molecule has 1 aromatic rings. The first kappa shape index (κ1) is 9.59. The van der Waals surface area contributed by atoms with E-state index in [1.54, 1.807) is 0 Å². The van der Waals surface area contributed by atoms with Gasteiger partial charge >= 0.3 is 0 Å². The molecule has 76 valence electrons. The molecule has 2 rings (SSSR count). The third kappa shape index (κ3) is 1.93. The molecule has 1 unspecified atom stereocenters. The first-order chi connectivity index (χ1) is 6.68. The minimum atomic E-state index is -0.997. The molecule has 0 spiro atoms. The Bertz CT molecular complexity index is 314. The summed E-state index contributed by atoms with van der Waals surface area (Å²) in [6, 6.07) is 3.65. The Hall–Kier alpha value is -0.960. The first-order valence-electron chi connectivity index (χ1n) is 4.80. The maximum atomic E-state index is 13.2. The van der Waals surface area contributed by atoms with Gasteiger partial charge in [0, 0.05) is 0 Å². The van der Waals surface area contributed by atoms with E-state index in [-0.39, 0.29) is 5.56 Å². The molecule has 1 aliphatic rings. The lowest BCUT2D eigenvalue weighted by Gasteiger charge is -2.11. The predicted molar refractivity (Wildman–Crippen MR) is 48.7 cm³/mol. The van der Waals surface area contributed by atoms with Crippen molar-refractivity contribution < 1.29 is 13.9 Å². The summed E-state index contributed by atoms with van der Waals surface area (Å²) in [5.41, 5.74) is -0.181. The monoisotopic (exact) mass is 198 g/mol. The number of benzene rings is 1. The average Bonchev–Trinajstić information content (AvgIpc) is 2.87. The molecular weight excluding hydrogens is 186 g/mol. The van der Waals surface area contributed by atoms with E-state index in [9.17, 15) is 13.9 Å². The molecule has 1 nitrogen and oxygen atoms in total. The Balaban J connectivity index is 2.19. The van der Waals surface area contributed by atoms with Crippen molar-refractivity contribution >= 4 is 0 Å². The smallest absolute Gasteiger partial charge is 0.131 e. The summed E-state index contributed by atoms with van der Waals surface area (Å²) in [6.45, 7) is 0. The van der Waals surface area contributed by atoms with Crippen LogP contribution in [0.4, 0.5) is 8.78 Å². The molecule has 1 N–H and O–H groups in total. The molecule has 1 atom stereocenters. The summed E-state index contributed by atoms with van der Waals surface area (Å²) in [5.74, 6) is -0.861. The van der Waals surface area contributed by atoms with E-state index in [0.29, 0.717) is 12.3 Å². The fraction of sp³-hybridized carbons (Fsp3) is 0.455. The zero-order valence-electron chi connectivity index (χ0n) is 7.71. The van der Waals surface area contributed by atoms with Gasteiger partial charge in [-0.1, -0.05) is 18.9 Å². The molecule has 1 aliphatic carbocycles. The van der Waals surface area contributed by atoms with Crippen molar-refractivity contribution in [1.29, 1.82) is 0 Å². The topological polar surface area (TPSA) is 20.2 Å². The number of hydrogen-bond acceptors (Lipinski definition) is 1. The van der Waals surface area contributed by atoms with Gasteiger partial charge in [-0.3, -0.25) is 0 Å². The van der Waals surface area contributed by atoms with Crippen LogP contribution in [-0.4, -0.2) is 5.11 Å². The molecule has 1 saturated carbocycles. The lowest BCUT2D eigenvalue weighted by atomic mass is 10.0. The molecule has 0 aromatic heterocycles. The maximum Gasteiger partial charge on any atom is 0.131 e. The van der Waals surface area contributed by atoms with Crippen LogP contribution in [0, 0.1) is 17.6 Å². The molecule has 14 heavy (non-hydrogen) atoms. The van der Waals surface area contributed by atoms with Crippen molar-refractivity contribution in [3.8, 4) is 0 Å². The molecule has 0 heterocycles. The van der Waals surface area contributed by atoms with E-state index in [1.165, 1.54) is 18.2 Å². The summed E-state index contributed by atoms with van der Waals surface area (Å²) in [6.07, 6.45) is 1.60. The van der Waals surface area contributed by atoms with Gasteiger partial charge in [-0.2, -0.15) is 0 Å². The van der Waals surface area contributed by atoms with Crippen LogP contribution in [0.25, 0.3) is 0 Å². The van der Waals surface area contributed by atoms with E-state index in [1.807, 2.05) is 0 Å². The highest BCUT2D eigenvalue weighted by molar-refractivity contribution is 5.22. The number of rotatable bonds is 3. The van der Waals surface area contributed by atoms with Gasteiger partial charge < -0.3 is 5.11 Å². The number of aliphatic hydroxyl groups is 1. The minimum absolute atomic E-state index is 0.181. The van der Waals surface area contributed by atoms with Gasteiger partial charge in [0.25, 0.3) is 0 Å². The third-order valence-electron chi connectivity index (χ3n) is 2.59. The largest absolute Gasteiger partial charge is 0.388 e. The molecule has 0 aliphatic heterocycles. The standard InChI is InChI=1S/C11H12F2O/c12-8-2-1-3-9(13)11(8)10(14)6-7-4-5-7/h1-3,7,10,14H,4-6H2. The SMILES string of the molecule is OC(CC1CC1)c1c(F)cccc1F. The van der Waals surface area contributed by atoms with Gasteiger partial charge in [-0.05, 0) is 24.5 Å². The zero-order valence-corrected chi connectivity index (χ0v) is 7.71. The second-order valence-electron chi connectivity index (χ2n) is 3.83. The first-order valence-corrected chi connectivity index (χ1v) is 4.80. The van der Waals surface area contributed by atoms with Crippen molar-refractivity contribution in [2.24, 2.45) is 5.92 Å². The van der Waals surface area contributed by atoms with Gasteiger partial charge in [-0.15, -0.1) is 0 Å². The normalized spacial score (nSPS) is 18.2. The van der Waals surface area contributed by atoms with Crippen molar-refractivity contribution in [3.05, 3.63) is 35.4 Å². The lowest BCUT2D eigenvalue weighted by molar-refractivity contribution is 0.151. The predicted octanol–water partition coefficient (Wildman–Crippen LogP) is 2.80. The Morgan fingerprint density at radius 2 is 1.86 bits per heavy atom. The second kappa shape index (κ2) is 3.65. The van der Waals surface area contributed by atoms with Crippen LogP contribution in [0.1, 0.15) is 30.9 Å². The minimum Gasteiger partial charge on any atom is -0.388 e. The average molecular weight is 198 g/mol. The maximum absolute atomic E-state index is 13.2. The second-order valence-corrected chi connectivity index (χ2v) is 3.83. The zero-order chi connectivity index (χ0) is 10.1.